The molecule has 0 amide bonds. The average molecular weight is 294 g/mol. The van der Waals surface area contributed by atoms with Gasteiger partial charge in [-0.15, -0.1) is 0 Å². The van der Waals surface area contributed by atoms with Crippen LogP contribution in [-0.2, 0) is 14.3 Å². The van der Waals surface area contributed by atoms with Gasteiger partial charge in [0, 0.05) is 5.92 Å². The van der Waals surface area contributed by atoms with Crippen molar-refractivity contribution in [3.63, 3.8) is 0 Å². The summed E-state index contributed by atoms with van der Waals surface area (Å²) in [6.07, 6.45) is 9.60. The number of rotatable bonds is 5. The molecule has 1 aliphatic heterocycles. The first kappa shape index (κ1) is 17.8. The van der Waals surface area contributed by atoms with E-state index in [-0.39, 0.29) is 24.1 Å². The summed E-state index contributed by atoms with van der Waals surface area (Å²) >= 11 is 0. The number of carbonyl (C=O) groups is 1. The van der Waals surface area contributed by atoms with Crippen molar-refractivity contribution in [1.29, 1.82) is 0 Å². The second-order valence-corrected chi connectivity index (χ2v) is 7.26. The molecule has 3 atom stereocenters. The molecule has 0 N–H and O–H groups in total. The van der Waals surface area contributed by atoms with E-state index >= 15 is 0 Å². The maximum atomic E-state index is 12.1. The molecule has 0 aromatic carbocycles. The lowest BCUT2D eigenvalue weighted by atomic mass is 9.89. The highest BCUT2D eigenvalue weighted by atomic mass is 16.5. The molecule has 0 aromatic rings. The van der Waals surface area contributed by atoms with Gasteiger partial charge in [-0.25, -0.2) is 0 Å². The summed E-state index contributed by atoms with van der Waals surface area (Å²) in [4.78, 5) is 12.1. The van der Waals surface area contributed by atoms with Crippen LogP contribution < -0.4 is 0 Å². The number of ether oxygens (including phenoxy) is 2. The third kappa shape index (κ3) is 5.94. The molecule has 1 rings (SSSR count). The van der Waals surface area contributed by atoms with E-state index in [1.807, 2.05) is 45.9 Å². The topological polar surface area (TPSA) is 35.5 Å². The fourth-order valence-corrected chi connectivity index (χ4v) is 2.38. The minimum atomic E-state index is -0.480. The fourth-order valence-electron chi connectivity index (χ4n) is 2.38. The van der Waals surface area contributed by atoms with E-state index < -0.39 is 5.41 Å². The molecule has 0 unspecified atom stereocenters. The minimum Gasteiger partial charge on any atom is -0.498 e. The fraction of sp³-hybridized carbons (Fsp3) is 0.722. The van der Waals surface area contributed by atoms with Crippen molar-refractivity contribution < 1.29 is 14.3 Å². The summed E-state index contributed by atoms with van der Waals surface area (Å²) in [6, 6.07) is 0. The van der Waals surface area contributed by atoms with Gasteiger partial charge in [0.25, 0.3) is 0 Å². The zero-order chi connectivity index (χ0) is 16.0. The van der Waals surface area contributed by atoms with E-state index in [1.165, 1.54) is 0 Å². The molecular formula is C18H30O3. The van der Waals surface area contributed by atoms with Crippen LogP contribution in [0.4, 0.5) is 0 Å². The third-order valence-corrected chi connectivity index (χ3v) is 3.53. The Morgan fingerprint density at radius 3 is 2.62 bits per heavy atom. The van der Waals surface area contributed by atoms with Crippen molar-refractivity contribution in [1.82, 2.24) is 0 Å². The quantitative estimate of drug-likeness (QED) is 0.554. The van der Waals surface area contributed by atoms with Gasteiger partial charge in [-0.1, -0.05) is 19.9 Å². The van der Waals surface area contributed by atoms with E-state index in [9.17, 15) is 4.79 Å². The third-order valence-electron chi connectivity index (χ3n) is 3.53. The largest absolute Gasteiger partial charge is 0.498 e. The number of hydrogen-bond donors (Lipinski definition) is 0. The van der Waals surface area contributed by atoms with Crippen LogP contribution in [0.25, 0.3) is 0 Å². The van der Waals surface area contributed by atoms with Crippen molar-refractivity contribution in [3.05, 3.63) is 24.5 Å². The standard InChI is InChI=1S/C18H30O3/c1-7-8-16(21-17(19)18(4,5)6)14-9-10-20-15(12-14)11-13(2)3/h7-10,13-16H,11-12H2,1-6H3/b8-7+/t14-,15-,16-/m1/s1. The average Bonchev–Trinajstić information content (AvgIpc) is 2.36. The molecule has 0 saturated carbocycles. The molecule has 0 bridgehead atoms. The first-order chi connectivity index (χ1) is 9.74. The van der Waals surface area contributed by atoms with Gasteiger partial charge >= 0.3 is 5.97 Å². The van der Waals surface area contributed by atoms with E-state index in [1.54, 1.807) is 6.26 Å². The monoisotopic (exact) mass is 294 g/mol. The molecule has 21 heavy (non-hydrogen) atoms. The molecule has 0 fully saturated rings. The maximum absolute atomic E-state index is 12.1. The summed E-state index contributed by atoms with van der Waals surface area (Å²) < 4.78 is 11.4. The molecule has 3 heteroatoms. The number of carbonyl (C=O) groups excluding carboxylic acids is 1. The van der Waals surface area contributed by atoms with Crippen LogP contribution in [0.3, 0.4) is 0 Å². The van der Waals surface area contributed by atoms with Gasteiger partial charge in [-0.3, -0.25) is 4.79 Å². The van der Waals surface area contributed by atoms with Crippen LogP contribution >= 0.6 is 0 Å². The summed E-state index contributed by atoms with van der Waals surface area (Å²) in [5.74, 6) is 0.621. The Kier molecular flexibility index (Phi) is 6.50. The highest BCUT2D eigenvalue weighted by Gasteiger charge is 2.31. The highest BCUT2D eigenvalue weighted by Crippen LogP contribution is 2.28. The van der Waals surface area contributed by atoms with E-state index in [2.05, 4.69) is 13.8 Å². The predicted molar refractivity (Wildman–Crippen MR) is 85.7 cm³/mol. The lowest BCUT2D eigenvalue weighted by molar-refractivity contribution is -0.158. The summed E-state index contributed by atoms with van der Waals surface area (Å²) in [6.45, 7) is 12.0. The Labute approximate surface area is 129 Å². The van der Waals surface area contributed by atoms with Crippen molar-refractivity contribution in [2.24, 2.45) is 17.3 Å². The van der Waals surface area contributed by atoms with E-state index in [0.717, 1.165) is 12.8 Å². The van der Waals surface area contributed by atoms with Crippen LogP contribution in [0, 0.1) is 17.3 Å². The highest BCUT2D eigenvalue weighted by molar-refractivity contribution is 5.75. The zero-order valence-corrected chi connectivity index (χ0v) is 14.3. The molecule has 3 nitrogen and oxygen atoms in total. The lowest BCUT2D eigenvalue weighted by Gasteiger charge is -2.31. The Balaban J connectivity index is 2.74. The molecule has 0 aromatic heterocycles. The Hall–Kier alpha value is -1.25. The van der Waals surface area contributed by atoms with Gasteiger partial charge in [0.1, 0.15) is 6.10 Å². The molecule has 120 valence electrons. The first-order valence-electron chi connectivity index (χ1n) is 7.90. The van der Waals surface area contributed by atoms with Gasteiger partial charge < -0.3 is 9.47 Å². The van der Waals surface area contributed by atoms with Crippen molar-refractivity contribution in [2.45, 2.75) is 66.6 Å². The predicted octanol–water partition coefficient (Wildman–Crippen LogP) is 4.49. The normalized spacial score (nSPS) is 24.1. The van der Waals surface area contributed by atoms with Crippen molar-refractivity contribution in [3.8, 4) is 0 Å². The van der Waals surface area contributed by atoms with Crippen LogP contribution in [-0.4, -0.2) is 18.2 Å². The number of hydrogen-bond acceptors (Lipinski definition) is 3. The Morgan fingerprint density at radius 1 is 1.43 bits per heavy atom. The van der Waals surface area contributed by atoms with Crippen LogP contribution in [0.2, 0.25) is 0 Å². The molecule has 1 aliphatic rings. The lowest BCUT2D eigenvalue weighted by Crippen LogP contribution is -2.34. The molecule has 1 heterocycles. The second-order valence-electron chi connectivity index (χ2n) is 7.26. The van der Waals surface area contributed by atoms with Gasteiger partial charge in [0.15, 0.2) is 0 Å². The van der Waals surface area contributed by atoms with Gasteiger partial charge in [0.2, 0.25) is 0 Å². The zero-order valence-electron chi connectivity index (χ0n) is 14.3. The van der Waals surface area contributed by atoms with Crippen LogP contribution in [0.15, 0.2) is 24.5 Å². The first-order valence-corrected chi connectivity index (χ1v) is 7.90. The number of esters is 1. The Bertz CT molecular complexity index is 388. The van der Waals surface area contributed by atoms with Crippen LogP contribution in [0.1, 0.15) is 54.4 Å². The molecular weight excluding hydrogens is 264 g/mol. The molecule has 0 radical (unpaired) electrons. The van der Waals surface area contributed by atoms with Crippen molar-refractivity contribution >= 4 is 5.97 Å². The van der Waals surface area contributed by atoms with Crippen LogP contribution in [0.5, 0.6) is 0 Å². The van der Waals surface area contributed by atoms with Crippen molar-refractivity contribution in [2.75, 3.05) is 0 Å². The van der Waals surface area contributed by atoms with E-state index in [4.69, 9.17) is 9.47 Å². The Morgan fingerprint density at radius 2 is 2.10 bits per heavy atom. The van der Waals surface area contributed by atoms with Gasteiger partial charge in [-0.05, 0) is 58.6 Å². The number of allylic oxidation sites excluding steroid dienone is 1. The summed E-state index contributed by atoms with van der Waals surface area (Å²) in [5, 5.41) is 0. The SMILES string of the molecule is C/C=C/[C@@H](OC(=O)C(C)(C)C)[C@@H]1C=CO[C@H](CC(C)C)C1. The van der Waals surface area contributed by atoms with Gasteiger partial charge in [0.05, 0.1) is 17.8 Å². The maximum Gasteiger partial charge on any atom is 0.311 e. The second kappa shape index (κ2) is 7.67. The molecule has 0 spiro atoms. The molecule has 0 saturated heterocycles. The summed E-state index contributed by atoms with van der Waals surface area (Å²) in [5.41, 5.74) is -0.480. The smallest absolute Gasteiger partial charge is 0.311 e. The molecule has 0 aliphatic carbocycles. The van der Waals surface area contributed by atoms with Gasteiger partial charge in [-0.2, -0.15) is 0 Å². The summed E-state index contributed by atoms with van der Waals surface area (Å²) in [7, 11) is 0. The minimum absolute atomic E-state index is 0.161. The van der Waals surface area contributed by atoms with E-state index in [0.29, 0.717) is 5.92 Å².